The standard InChI is InChI=1S/C26H35N7O4/c1-14(2)30-23-19(11-27)18(24(35)29-12-20-15(3)9-16(4)31-25(20)36)10-22(32-23)17-5-7-33(8-6-17)26(37)21(28)13-34/h5,9-11,14,21,27,34H,6-8,12-13,28H2,1-4H3,(H,29,35)(H,30,32)(H,31,36). The predicted molar refractivity (Wildman–Crippen MR) is 143 cm³/mol. The lowest BCUT2D eigenvalue weighted by Crippen LogP contribution is -2.47. The molecular weight excluding hydrogens is 474 g/mol. The highest BCUT2D eigenvalue weighted by molar-refractivity contribution is 6.05. The third-order valence-corrected chi connectivity index (χ3v) is 6.16. The van der Waals surface area contributed by atoms with Gasteiger partial charge in [-0.15, -0.1) is 0 Å². The molecule has 2 amide bonds. The molecule has 0 bridgehead atoms. The molecule has 7 N–H and O–H groups in total. The summed E-state index contributed by atoms with van der Waals surface area (Å²) in [5, 5.41) is 23.2. The number of hydrogen-bond acceptors (Lipinski definition) is 8. The average Bonchev–Trinajstić information content (AvgIpc) is 2.86. The van der Waals surface area contributed by atoms with Crippen LogP contribution in [0.4, 0.5) is 5.82 Å². The molecule has 1 atom stereocenters. The first kappa shape index (κ1) is 27.8. The summed E-state index contributed by atoms with van der Waals surface area (Å²) in [5.41, 5.74) is 9.40. The molecule has 0 saturated heterocycles. The monoisotopic (exact) mass is 509 g/mol. The van der Waals surface area contributed by atoms with E-state index in [2.05, 4.69) is 15.6 Å². The van der Waals surface area contributed by atoms with Crippen LogP contribution < -0.4 is 21.9 Å². The smallest absolute Gasteiger partial charge is 0.253 e. The van der Waals surface area contributed by atoms with E-state index in [1.165, 1.54) is 0 Å². The summed E-state index contributed by atoms with van der Waals surface area (Å²) < 4.78 is 0. The molecule has 0 spiro atoms. The van der Waals surface area contributed by atoms with Crippen LogP contribution in [-0.4, -0.2) is 69.8 Å². The number of hydrogen-bond donors (Lipinski definition) is 6. The van der Waals surface area contributed by atoms with Crippen molar-refractivity contribution in [2.24, 2.45) is 5.73 Å². The van der Waals surface area contributed by atoms with E-state index in [-0.39, 0.29) is 29.6 Å². The number of anilines is 1. The predicted octanol–water partition coefficient (Wildman–Crippen LogP) is 1.07. The first-order valence-corrected chi connectivity index (χ1v) is 12.2. The van der Waals surface area contributed by atoms with Gasteiger partial charge in [0.05, 0.1) is 17.9 Å². The number of aromatic nitrogens is 2. The van der Waals surface area contributed by atoms with Crippen molar-refractivity contribution < 1.29 is 14.7 Å². The maximum Gasteiger partial charge on any atom is 0.253 e. The third-order valence-electron chi connectivity index (χ3n) is 6.16. The number of rotatable bonds is 9. The fraction of sp³-hybridized carbons (Fsp3) is 0.423. The number of carbonyl (C=O) groups is 2. The van der Waals surface area contributed by atoms with E-state index in [1.807, 2.05) is 32.9 Å². The van der Waals surface area contributed by atoms with Crippen molar-refractivity contribution in [1.29, 1.82) is 5.41 Å². The Balaban J connectivity index is 1.94. The van der Waals surface area contributed by atoms with Crippen LogP contribution >= 0.6 is 0 Å². The number of aliphatic hydroxyl groups is 1. The van der Waals surface area contributed by atoms with Crippen LogP contribution in [0.15, 0.2) is 23.0 Å². The Morgan fingerprint density at radius 2 is 2.05 bits per heavy atom. The highest BCUT2D eigenvalue weighted by Crippen LogP contribution is 2.27. The molecule has 1 aliphatic heterocycles. The van der Waals surface area contributed by atoms with E-state index in [0.717, 1.165) is 23.0 Å². The molecule has 11 heteroatoms. The van der Waals surface area contributed by atoms with Gasteiger partial charge in [-0.05, 0) is 57.4 Å². The summed E-state index contributed by atoms with van der Waals surface area (Å²) in [7, 11) is 0. The number of pyridine rings is 2. The van der Waals surface area contributed by atoms with Gasteiger partial charge in [-0.3, -0.25) is 14.4 Å². The number of nitrogens with two attached hydrogens (primary N) is 1. The van der Waals surface area contributed by atoms with Crippen LogP contribution in [0.1, 0.15) is 58.7 Å². The van der Waals surface area contributed by atoms with Crippen molar-refractivity contribution in [3.63, 3.8) is 0 Å². The van der Waals surface area contributed by atoms with Gasteiger partial charge in [-0.2, -0.15) is 0 Å². The summed E-state index contributed by atoms with van der Waals surface area (Å²) in [5.74, 6) is -0.359. The Morgan fingerprint density at radius 1 is 1.32 bits per heavy atom. The molecule has 11 nitrogen and oxygen atoms in total. The number of H-pyrrole nitrogens is 1. The molecular formula is C26H35N7O4. The summed E-state index contributed by atoms with van der Waals surface area (Å²) in [6.07, 6.45) is 3.43. The molecule has 0 saturated carbocycles. The van der Waals surface area contributed by atoms with Crippen LogP contribution in [0.5, 0.6) is 0 Å². The lowest BCUT2D eigenvalue weighted by atomic mass is 9.99. The minimum atomic E-state index is -0.957. The Bertz CT molecular complexity index is 1280. The van der Waals surface area contributed by atoms with Gasteiger partial charge >= 0.3 is 0 Å². The van der Waals surface area contributed by atoms with E-state index in [9.17, 15) is 19.5 Å². The highest BCUT2D eigenvalue weighted by Gasteiger charge is 2.25. The zero-order chi connectivity index (χ0) is 27.3. The van der Waals surface area contributed by atoms with Gasteiger partial charge in [0.1, 0.15) is 11.9 Å². The van der Waals surface area contributed by atoms with Gasteiger partial charge in [-0.1, -0.05) is 6.08 Å². The van der Waals surface area contributed by atoms with E-state index >= 15 is 0 Å². The summed E-state index contributed by atoms with van der Waals surface area (Å²) >= 11 is 0. The molecule has 0 aliphatic carbocycles. The molecule has 198 valence electrons. The van der Waals surface area contributed by atoms with Gasteiger partial charge in [0.25, 0.3) is 11.5 Å². The van der Waals surface area contributed by atoms with Crippen molar-refractivity contribution in [3.8, 4) is 0 Å². The van der Waals surface area contributed by atoms with Gasteiger partial charge in [-0.25, -0.2) is 4.98 Å². The Hall–Kier alpha value is -3.83. The maximum absolute atomic E-state index is 13.3. The molecule has 2 aromatic heterocycles. The fourth-order valence-electron chi connectivity index (χ4n) is 4.22. The molecule has 0 aromatic carbocycles. The van der Waals surface area contributed by atoms with Crippen molar-refractivity contribution in [2.75, 3.05) is 25.0 Å². The Labute approximate surface area is 215 Å². The third kappa shape index (κ3) is 6.49. The molecule has 1 unspecified atom stereocenters. The molecule has 3 rings (SSSR count). The lowest BCUT2D eigenvalue weighted by molar-refractivity contribution is -0.133. The van der Waals surface area contributed by atoms with Gasteiger partial charge in [0.15, 0.2) is 0 Å². The molecule has 0 radical (unpaired) electrons. The lowest BCUT2D eigenvalue weighted by Gasteiger charge is -2.28. The van der Waals surface area contributed by atoms with E-state index in [0.29, 0.717) is 42.1 Å². The van der Waals surface area contributed by atoms with Crippen molar-refractivity contribution >= 4 is 29.4 Å². The molecule has 0 fully saturated rings. The number of nitrogens with zero attached hydrogens (tertiary/aromatic N) is 2. The molecule has 2 aromatic rings. The van der Waals surface area contributed by atoms with Crippen LogP contribution in [0.25, 0.3) is 5.57 Å². The Kier molecular flexibility index (Phi) is 8.95. The van der Waals surface area contributed by atoms with E-state index in [4.69, 9.17) is 16.1 Å². The van der Waals surface area contributed by atoms with Crippen molar-refractivity contribution in [3.05, 3.63) is 62.2 Å². The summed E-state index contributed by atoms with van der Waals surface area (Å²) in [6, 6.07) is 2.52. The fourth-order valence-corrected chi connectivity index (χ4v) is 4.22. The number of aromatic amines is 1. The van der Waals surface area contributed by atoms with Gasteiger partial charge in [0.2, 0.25) is 5.91 Å². The number of aliphatic hydroxyl groups excluding tert-OH is 1. The molecule has 3 heterocycles. The zero-order valence-corrected chi connectivity index (χ0v) is 21.6. The molecule has 37 heavy (non-hydrogen) atoms. The largest absolute Gasteiger partial charge is 0.394 e. The Morgan fingerprint density at radius 3 is 2.62 bits per heavy atom. The minimum Gasteiger partial charge on any atom is -0.394 e. The SMILES string of the molecule is Cc1cc(C)c(CNC(=O)c2cc(C3=CCN(C(=O)C(N)CO)CC3)nc(NC(C)C)c2C=N)c(=O)[nH]1. The van der Waals surface area contributed by atoms with E-state index < -0.39 is 18.6 Å². The quantitative estimate of drug-likeness (QED) is 0.274. The highest BCUT2D eigenvalue weighted by atomic mass is 16.3. The minimum absolute atomic E-state index is 0.000421. The zero-order valence-electron chi connectivity index (χ0n) is 21.6. The normalized spacial score (nSPS) is 14.2. The average molecular weight is 510 g/mol. The van der Waals surface area contributed by atoms with E-state index in [1.54, 1.807) is 17.9 Å². The first-order valence-electron chi connectivity index (χ1n) is 12.2. The van der Waals surface area contributed by atoms with Gasteiger partial charge in [0, 0.05) is 48.7 Å². The van der Waals surface area contributed by atoms with Crippen molar-refractivity contribution in [1.82, 2.24) is 20.2 Å². The molecule has 1 aliphatic rings. The topological polar surface area (TPSA) is 177 Å². The number of carbonyl (C=O) groups excluding carboxylic acids is 2. The number of aryl methyl sites for hydroxylation is 2. The second kappa shape index (κ2) is 11.9. The number of amides is 2. The maximum atomic E-state index is 13.3. The number of nitrogens with one attached hydrogen (secondary N) is 4. The van der Waals surface area contributed by atoms with Crippen LogP contribution in [0.2, 0.25) is 0 Å². The van der Waals surface area contributed by atoms with Crippen LogP contribution in [0, 0.1) is 19.3 Å². The summed E-state index contributed by atoms with van der Waals surface area (Å²) in [4.78, 5) is 47.0. The second-order valence-corrected chi connectivity index (χ2v) is 9.44. The first-order chi connectivity index (χ1) is 17.5. The summed E-state index contributed by atoms with van der Waals surface area (Å²) in [6.45, 7) is 7.80. The van der Waals surface area contributed by atoms with Crippen LogP contribution in [0.3, 0.4) is 0 Å². The van der Waals surface area contributed by atoms with Crippen LogP contribution in [-0.2, 0) is 11.3 Å². The van der Waals surface area contributed by atoms with Crippen molar-refractivity contribution in [2.45, 2.75) is 52.7 Å². The van der Waals surface area contributed by atoms with Gasteiger partial charge < -0.3 is 36.8 Å². The second-order valence-electron chi connectivity index (χ2n) is 9.44.